The molecule has 2 heterocycles. The Labute approximate surface area is 183 Å². The van der Waals surface area contributed by atoms with Gasteiger partial charge in [0.1, 0.15) is 6.04 Å². The largest absolute Gasteiger partial charge is 0.417 e. The van der Waals surface area contributed by atoms with Crippen molar-refractivity contribution in [3.63, 3.8) is 0 Å². The molecule has 2 aliphatic heterocycles. The van der Waals surface area contributed by atoms with Crippen molar-refractivity contribution >= 4 is 27.5 Å². The third-order valence-electron chi connectivity index (χ3n) is 5.74. The molecule has 0 N–H and O–H groups in total. The maximum Gasteiger partial charge on any atom is 0.417 e. The van der Waals surface area contributed by atoms with Crippen molar-refractivity contribution in [2.75, 3.05) is 13.1 Å². The Hall–Kier alpha value is -2.10. The molecule has 0 aromatic heterocycles. The second kappa shape index (κ2) is 8.11. The Balaban J connectivity index is 1.82. The van der Waals surface area contributed by atoms with Crippen LogP contribution in [0.4, 0.5) is 13.2 Å². The standard InChI is InChI=1S/C21H20ClF3N2O3S/c22-16-7-8-19(17(12-16)21(23,24)25)31(29,30)27-13-15-6-2-1-5-14(15)11-18(27)20(28)26-9-3-4-10-26/h1-2,5-8,12,18H,3-4,9-11,13H2/t18-/m1/s1. The monoisotopic (exact) mass is 472 g/mol. The molecule has 166 valence electrons. The number of alkyl halides is 3. The molecule has 1 atom stereocenters. The van der Waals surface area contributed by atoms with Crippen LogP contribution in [0.1, 0.15) is 29.5 Å². The summed E-state index contributed by atoms with van der Waals surface area (Å²) in [7, 11) is -4.65. The summed E-state index contributed by atoms with van der Waals surface area (Å²) in [5.74, 6) is -0.377. The Bertz CT molecular complexity index is 1120. The highest BCUT2D eigenvalue weighted by Gasteiger charge is 2.45. The van der Waals surface area contributed by atoms with Gasteiger partial charge in [-0.2, -0.15) is 17.5 Å². The summed E-state index contributed by atoms with van der Waals surface area (Å²) in [6.07, 6.45) is -3.18. The molecule has 2 aromatic rings. The van der Waals surface area contributed by atoms with Crippen LogP contribution in [0, 0.1) is 0 Å². The lowest BCUT2D eigenvalue weighted by molar-refractivity contribution is -0.139. The van der Waals surface area contributed by atoms with Crippen molar-refractivity contribution in [1.82, 2.24) is 9.21 Å². The lowest BCUT2D eigenvalue weighted by Crippen LogP contribution is -2.53. The Morgan fingerprint density at radius 3 is 2.32 bits per heavy atom. The number of sulfonamides is 1. The molecule has 1 saturated heterocycles. The van der Waals surface area contributed by atoms with Gasteiger partial charge in [0.25, 0.3) is 0 Å². The van der Waals surface area contributed by atoms with E-state index in [9.17, 15) is 26.4 Å². The van der Waals surface area contributed by atoms with Crippen molar-refractivity contribution in [2.24, 2.45) is 0 Å². The smallest absolute Gasteiger partial charge is 0.341 e. The Kier molecular flexibility index (Phi) is 5.78. The van der Waals surface area contributed by atoms with Gasteiger partial charge >= 0.3 is 6.18 Å². The quantitative estimate of drug-likeness (QED) is 0.676. The Morgan fingerprint density at radius 1 is 1.03 bits per heavy atom. The predicted molar refractivity (Wildman–Crippen MR) is 109 cm³/mol. The van der Waals surface area contributed by atoms with Gasteiger partial charge in [0.05, 0.1) is 10.5 Å². The summed E-state index contributed by atoms with van der Waals surface area (Å²) in [5, 5.41) is -0.222. The lowest BCUT2D eigenvalue weighted by Gasteiger charge is -2.37. The number of hydrogen-bond donors (Lipinski definition) is 0. The number of nitrogens with zero attached hydrogens (tertiary/aromatic N) is 2. The lowest BCUT2D eigenvalue weighted by atomic mass is 9.95. The van der Waals surface area contributed by atoms with Crippen LogP contribution in [0.3, 0.4) is 0 Å². The summed E-state index contributed by atoms with van der Waals surface area (Å²) >= 11 is 5.72. The van der Waals surface area contributed by atoms with Gasteiger partial charge in [0.15, 0.2) is 0 Å². The third kappa shape index (κ3) is 4.18. The fourth-order valence-corrected chi connectivity index (χ4v) is 6.11. The fourth-order valence-electron chi connectivity index (χ4n) is 4.19. The van der Waals surface area contributed by atoms with Crippen LogP contribution in [0.5, 0.6) is 0 Å². The molecule has 0 bridgehead atoms. The first-order valence-corrected chi connectivity index (χ1v) is 11.6. The van der Waals surface area contributed by atoms with E-state index in [4.69, 9.17) is 11.6 Å². The number of amides is 1. The highest BCUT2D eigenvalue weighted by Crippen LogP contribution is 2.39. The van der Waals surface area contributed by atoms with Gasteiger partial charge in [0, 0.05) is 24.7 Å². The third-order valence-corrected chi connectivity index (χ3v) is 7.89. The number of likely N-dealkylation sites (tertiary alicyclic amines) is 1. The average Bonchev–Trinajstić information content (AvgIpc) is 3.26. The summed E-state index contributed by atoms with van der Waals surface area (Å²) in [5.41, 5.74) is 0.143. The normalized spacial score (nSPS) is 20.0. The first kappa shape index (κ1) is 22.1. The van der Waals surface area contributed by atoms with E-state index in [0.717, 1.165) is 34.8 Å². The molecule has 31 heavy (non-hydrogen) atoms. The second-order valence-electron chi connectivity index (χ2n) is 7.71. The van der Waals surface area contributed by atoms with Crippen LogP contribution in [0.25, 0.3) is 0 Å². The number of hydrogen-bond acceptors (Lipinski definition) is 3. The van der Waals surface area contributed by atoms with Crippen LogP contribution in [0.15, 0.2) is 47.4 Å². The van der Waals surface area contributed by atoms with E-state index in [1.165, 1.54) is 0 Å². The van der Waals surface area contributed by atoms with Crippen LogP contribution in [-0.2, 0) is 34.0 Å². The molecule has 0 saturated carbocycles. The molecule has 5 nitrogen and oxygen atoms in total. The zero-order valence-electron chi connectivity index (χ0n) is 16.4. The molecular formula is C21H20ClF3N2O3S. The van der Waals surface area contributed by atoms with E-state index in [1.807, 2.05) is 6.07 Å². The van der Waals surface area contributed by atoms with Crippen molar-refractivity contribution in [3.8, 4) is 0 Å². The number of carbonyl (C=O) groups excluding carboxylic acids is 1. The van der Waals surface area contributed by atoms with E-state index in [0.29, 0.717) is 24.7 Å². The molecule has 0 aliphatic carbocycles. The number of fused-ring (bicyclic) bond motifs is 1. The highest BCUT2D eigenvalue weighted by molar-refractivity contribution is 7.89. The maximum atomic E-state index is 13.6. The van der Waals surface area contributed by atoms with E-state index < -0.39 is 32.7 Å². The molecule has 2 aromatic carbocycles. The zero-order chi connectivity index (χ0) is 22.4. The van der Waals surface area contributed by atoms with Gasteiger partial charge in [-0.05, 0) is 48.6 Å². The summed E-state index contributed by atoms with van der Waals surface area (Å²) in [6.45, 7) is 0.849. The van der Waals surface area contributed by atoms with E-state index in [-0.39, 0.29) is 23.9 Å². The predicted octanol–water partition coefficient (Wildman–Crippen LogP) is 4.10. The van der Waals surface area contributed by atoms with Crippen molar-refractivity contribution < 1.29 is 26.4 Å². The number of carbonyl (C=O) groups is 1. The SMILES string of the molecule is O=C([C@H]1Cc2ccccc2CN1S(=O)(=O)c1ccc(Cl)cc1C(F)(F)F)N1CCCC1. The van der Waals surface area contributed by atoms with Crippen molar-refractivity contribution in [2.45, 2.75) is 42.9 Å². The van der Waals surface area contributed by atoms with Gasteiger partial charge in [-0.3, -0.25) is 4.79 Å². The second-order valence-corrected chi connectivity index (χ2v) is 10.0. The van der Waals surface area contributed by atoms with E-state index >= 15 is 0 Å². The van der Waals surface area contributed by atoms with Gasteiger partial charge in [-0.1, -0.05) is 35.9 Å². The van der Waals surface area contributed by atoms with Gasteiger partial charge in [0.2, 0.25) is 15.9 Å². The van der Waals surface area contributed by atoms with E-state index in [2.05, 4.69) is 0 Å². The fraction of sp³-hybridized carbons (Fsp3) is 0.381. The Morgan fingerprint density at radius 2 is 1.68 bits per heavy atom. The van der Waals surface area contributed by atoms with Crippen LogP contribution >= 0.6 is 11.6 Å². The molecule has 0 radical (unpaired) electrons. The van der Waals surface area contributed by atoms with Crippen molar-refractivity contribution in [3.05, 3.63) is 64.2 Å². The van der Waals surface area contributed by atoms with Gasteiger partial charge < -0.3 is 4.90 Å². The number of rotatable bonds is 3. The van der Waals surface area contributed by atoms with Crippen LogP contribution < -0.4 is 0 Å². The molecule has 4 rings (SSSR count). The molecule has 2 aliphatic rings. The molecule has 0 unspecified atom stereocenters. The first-order valence-electron chi connectivity index (χ1n) is 9.83. The minimum atomic E-state index is -4.92. The molecule has 0 spiro atoms. The zero-order valence-corrected chi connectivity index (χ0v) is 18.0. The molecule has 1 amide bonds. The minimum absolute atomic E-state index is 0.111. The molecule has 10 heteroatoms. The summed E-state index contributed by atoms with van der Waals surface area (Å²) in [4.78, 5) is 13.9. The van der Waals surface area contributed by atoms with Crippen LogP contribution in [-0.4, -0.2) is 42.7 Å². The van der Waals surface area contributed by atoms with Crippen molar-refractivity contribution in [1.29, 1.82) is 0 Å². The van der Waals surface area contributed by atoms with Gasteiger partial charge in [-0.25, -0.2) is 8.42 Å². The van der Waals surface area contributed by atoms with E-state index in [1.54, 1.807) is 23.1 Å². The first-order chi connectivity index (χ1) is 14.6. The maximum absolute atomic E-state index is 13.6. The topological polar surface area (TPSA) is 57.7 Å². The summed E-state index contributed by atoms with van der Waals surface area (Å²) in [6, 6.07) is 8.53. The minimum Gasteiger partial charge on any atom is -0.341 e. The average molecular weight is 473 g/mol. The molecular weight excluding hydrogens is 453 g/mol. The highest BCUT2D eigenvalue weighted by atomic mass is 35.5. The van der Waals surface area contributed by atoms with Crippen LogP contribution in [0.2, 0.25) is 5.02 Å². The number of halogens is 4. The molecule has 1 fully saturated rings. The number of benzene rings is 2. The van der Waals surface area contributed by atoms with Gasteiger partial charge in [-0.15, -0.1) is 0 Å². The summed E-state index contributed by atoms with van der Waals surface area (Å²) < 4.78 is 68.9.